The number of piperazine rings is 1. The average Bonchev–Trinajstić information content (AvgIpc) is 2.61. The summed E-state index contributed by atoms with van der Waals surface area (Å²) >= 11 is 0. The summed E-state index contributed by atoms with van der Waals surface area (Å²) in [6.45, 7) is 1.92. The van der Waals surface area contributed by atoms with Crippen molar-refractivity contribution < 1.29 is 13.9 Å². The number of hydrogen-bond acceptors (Lipinski definition) is 3. The van der Waals surface area contributed by atoms with Crippen molar-refractivity contribution in [1.82, 2.24) is 10.2 Å². The highest BCUT2D eigenvalue weighted by atomic mass is 35.5. The third-order valence-corrected chi connectivity index (χ3v) is 4.07. The molecule has 0 aromatic heterocycles. The van der Waals surface area contributed by atoms with Gasteiger partial charge in [-0.3, -0.25) is 4.79 Å². The van der Waals surface area contributed by atoms with Gasteiger partial charge in [-0.05, 0) is 24.3 Å². The SMILES string of the molecule is COc1ccccc1C1CNCCN1C(=O)c1cccc(F)c1.Cl. The third-order valence-electron chi connectivity index (χ3n) is 4.07. The molecule has 1 N–H and O–H groups in total. The van der Waals surface area contributed by atoms with E-state index in [2.05, 4.69) is 5.32 Å². The molecule has 24 heavy (non-hydrogen) atoms. The lowest BCUT2D eigenvalue weighted by Crippen LogP contribution is -2.48. The van der Waals surface area contributed by atoms with Crippen LogP contribution >= 0.6 is 12.4 Å². The number of carbonyl (C=O) groups excluding carboxylic acids is 1. The first-order valence-electron chi connectivity index (χ1n) is 7.61. The van der Waals surface area contributed by atoms with Gasteiger partial charge in [0.25, 0.3) is 5.91 Å². The van der Waals surface area contributed by atoms with Gasteiger partial charge in [0, 0.05) is 30.8 Å². The lowest BCUT2D eigenvalue weighted by atomic mass is 10.0. The van der Waals surface area contributed by atoms with E-state index >= 15 is 0 Å². The van der Waals surface area contributed by atoms with Crippen LogP contribution in [0.3, 0.4) is 0 Å². The predicted octanol–water partition coefficient (Wildman–Crippen LogP) is 3.04. The second-order valence-corrected chi connectivity index (χ2v) is 5.47. The number of halogens is 2. The van der Waals surface area contributed by atoms with Gasteiger partial charge in [0.1, 0.15) is 11.6 Å². The predicted molar refractivity (Wildman–Crippen MR) is 93.3 cm³/mol. The molecule has 6 heteroatoms. The van der Waals surface area contributed by atoms with Gasteiger partial charge < -0.3 is 15.0 Å². The first kappa shape index (κ1) is 18.2. The quantitative estimate of drug-likeness (QED) is 0.925. The van der Waals surface area contributed by atoms with Crippen molar-refractivity contribution in [1.29, 1.82) is 0 Å². The number of hydrogen-bond donors (Lipinski definition) is 1. The summed E-state index contributed by atoms with van der Waals surface area (Å²) in [4.78, 5) is 14.6. The van der Waals surface area contributed by atoms with Crippen LogP contribution in [0.15, 0.2) is 48.5 Å². The van der Waals surface area contributed by atoms with Gasteiger partial charge in [0.05, 0.1) is 13.2 Å². The van der Waals surface area contributed by atoms with E-state index in [0.29, 0.717) is 25.2 Å². The highest BCUT2D eigenvalue weighted by Crippen LogP contribution is 2.31. The number of carbonyl (C=O) groups is 1. The van der Waals surface area contributed by atoms with E-state index in [0.717, 1.165) is 11.3 Å². The van der Waals surface area contributed by atoms with Crippen molar-refractivity contribution in [2.24, 2.45) is 0 Å². The maximum atomic E-state index is 13.4. The van der Waals surface area contributed by atoms with Crippen LogP contribution < -0.4 is 10.1 Å². The second kappa shape index (κ2) is 8.13. The molecular weight excluding hydrogens is 331 g/mol. The van der Waals surface area contributed by atoms with E-state index in [1.807, 2.05) is 24.3 Å². The Morgan fingerprint density at radius 1 is 1.25 bits per heavy atom. The van der Waals surface area contributed by atoms with Crippen molar-refractivity contribution >= 4 is 18.3 Å². The number of ether oxygens (including phenoxy) is 1. The minimum Gasteiger partial charge on any atom is -0.496 e. The molecule has 1 fully saturated rings. The number of amides is 1. The molecule has 2 aromatic carbocycles. The van der Waals surface area contributed by atoms with Crippen LogP contribution in [-0.4, -0.2) is 37.6 Å². The zero-order chi connectivity index (χ0) is 16.2. The minimum atomic E-state index is -0.403. The molecule has 1 aliphatic rings. The molecule has 128 valence electrons. The molecule has 2 aromatic rings. The van der Waals surface area contributed by atoms with E-state index in [1.165, 1.54) is 12.1 Å². The fraction of sp³-hybridized carbons (Fsp3) is 0.278. The van der Waals surface area contributed by atoms with Gasteiger partial charge in [-0.25, -0.2) is 4.39 Å². The van der Waals surface area contributed by atoms with E-state index in [-0.39, 0.29) is 24.4 Å². The van der Waals surface area contributed by atoms with Crippen LogP contribution in [0.2, 0.25) is 0 Å². The fourth-order valence-electron chi connectivity index (χ4n) is 2.95. The smallest absolute Gasteiger partial charge is 0.254 e. The Morgan fingerprint density at radius 2 is 2.04 bits per heavy atom. The van der Waals surface area contributed by atoms with E-state index in [1.54, 1.807) is 24.1 Å². The molecule has 4 nitrogen and oxygen atoms in total. The molecule has 0 radical (unpaired) electrons. The van der Waals surface area contributed by atoms with Crippen LogP contribution in [0, 0.1) is 5.82 Å². The van der Waals surface area contributed by atoms with Gasteiger partial charge in [-0.15, -0.1) is 12.4 Å². The van der Waals surface area contributed by atoms with Crippen molar-refractivity contribution in [3.05, 3.63) is 65.5 Å². The lowest BCUT2D eigenvalue weighted by molar-refractivity contribution is 0.0631. The maximum Gasteiger partial charge on any atom is 0.254 e. The number of rotatable bonds is 3. The average molecular weight is 351 g/mol. The lowest BCUT2D eigenvalue weighted by Gasteiger charge is -2.37. The summed E-state index contributed by atoms with van der Waals surface area (Å²) < 4.78 is 18.9. The van der Waals surface area contributed by atoms with Crippen molar-refractivity contribution in [3.8, 4) is 5.75 Å². The Hall–Kier alpha value is -2.11. The molecule has 1 atom stereocenters. The molecule has 0 aliphatic carbocycles. The summed E-state index contributed by atoms with van der Waals surface area (Å²) in [6, 6.07) is 13.4. The Labute approximate surface area is 147 Å². The highest BCUT2D eigenvalue weighted by Gasteiger charge is 2.30. The van der Waals surface area contributed by atoms with Crippen LogP contribution in [0.5, 0.6) is 5.75 Å². The van der Waals surface area contributed by atoms with Crippen molar-refractivity contribution in [3.63, 3.8) is 0 Å². The fourth-order valence-corrected chi connectivity index (χ4v) is 2.95. The van der Waals surface area contributed by atoms with E-state index < -0.39 is 5.82 Å². The second-order valence-electron chi connectivity index (χ2n) is 5.47. The molecule has 3 rings (SSSR count). The largest absolute Gasteiger partial charge is 0.496 e. The van der Waals surface area contributed by atoms with Gasteiger partial charge in [-0.1, -0.05) is 24.3 Å². The molecule has 1 heterocycles. The Balaban J connectivity index is 0.00000208. The summed E-state index contributed by atoms with van der Waals surface area (Å²) in [7, 11) is 1.62. The maximum absolute atomic E-state index is 13.4. The topological polar surface area (TPSA) is 41.6 Å². The molecule has 1 unspecified atom stereocenters. The van der Waals surface area contributed by atoms with Crippen molar-refractivity contribution in [2.45, 2.75) is 6.04 Å². The molecule has 0 saturated carbocycles. The number of methoxy groups -OCH3 is 1. The first-order valence-corrected chi connectivity index (χ1v) is 7.61. The third kappa shape index (κ3) is 3.68. The van der Waals surface area contributed by atoms with Crippen LogP contribution in [-0.2, 0) is 0 Å². The Bertz CT molecular complexity index is 711. The number of benzene rings is 2. The summed E-state index contributed by atoms with van der Waals surface area (Å²) in [6.07, 6.45) is 0. The van der Waals surface area contributed by atoms with Gasteiger partial charge in [-0.2, -0.15) is 0 Å². The minimum absolute atomic E-state index is 0. The standard InChI is InChI=1S/C18H19FN2O2.ClH/c1-23-17-8-3-2-7-15(17)16-12-20-9-10-21(16)18(22)13-5-4-6-14(19)11-13;/h2-8,11,16,20H,9-10,12H2,1H3;1H. The Kier molecular flexibility index (Phi) is 6.17. The van der Waals surface area contributed by atoms with Crippen LogP contribution in [0.1, 0.15) is 22.0 Å². The monoisotopic (exact) mass is 350 g/mol. The Morgan fingerprint density at radius 3 is 2.79 bits per heavy atom. The summed E-state index contributed by atoms with van der Waals surface area (Å²) in [5.74, 6) is 0.181. The summed E-state index contributed by atoms with van der Waals surface area (Å²) in [5.41, 5.74) is 1.32. The zero-order valence-corrected chi connectivity index (χ0v) is 14.2. The van der Waals surface area contributed by atoms with Gasteiger partial charge >= 0.3 is 0 Å². The number of nitrogens with one attached hydrogen (secondary N) is 1. The van der Waals surface area contributed by atoms with Crippen LogP contribution in [0.25, 0.3) is 0 Å². The van der Waals surface area contributed by atoms with E-state index in [9.17, 15) is 9.18 Å². The number of nitrogens with zero attached hydrogens (tertiary/aromatic N) is 1. The molecule has 1 saturated heterocycles. The molecule has 1 aliphatic heterocycles. The zero-order valence-electron chi connectivity index (χ0n) is 13.4. The molecule has 0 spiro atoms. The van der Waals surface area contributed by atoms with Crippen molar-refractivity contribution in [2.75, 3.05) is 26.7 Å². The van der Waals surface area contributed by atoms with Gasteiger partial charge in [0.15, 0.2) is 0 Å². The number of para-hydroxylation sites is 1. The van der Waals surface area contributed by atoms with Crippen LogP contribution in [0.4, 0.5) is 4.39 Å². The molecular formula is C18H20ClFN2O2. The first-order chi connectivity index (χ1) is 11.2. The normalized spacial score (nSPS) is 17.1. The molecule has 1 amide bonds. The summed E-state index contributed by atoms with van der Waals surface area (Å²) in [5, 5.41) is 3.31. The highest BCUT2D eigenvalue weighted by molar-refractivity contribution is 5.94. The molecule has 0 bridgehead atoms. The van der Waals surface area contributed by atoms with E-state index in [4.69, 9.17) is 4.74 Å². The van der Waals surface area contributed by atoms with Gasteiger partial charge in [0.2, 0.25) is 0 Å².